The van der Waals surface area contributed by atoms with E-state index in [1.807, 2.05) is 18.2 Å². The zero-order valence-electron chi connectivity index (χ0n) is 16.7. The van der Waals surface area contributed by atoms with Crippen molar-refractivity contribution < 1.29 is 19.7 Å². The van der Waals surface area contributed by atoms with E-state index in [9.17, 15) is 9.90 Å². The van der Waals surface area contributed by atoms with Crippen LogP contribution in [0.4, 0.5) is 0 Å². The van der Waals surface area contributed by atoms with Crippen molar-refractivity contribution in [1.29, 1.82) is 0 Å². The van der Waals surface area contributed by atoms with Gasteiger partial charge in [-0.1, -0.05) is 25.5 Å². The molecule has 6 heteroatoms. The molecule has 1 aromatic heterocycles. The molecular weight excluding hydrogens is 408 g/mol. The molecule has 0 aliphatic heterocycles. The number of thiophene rings is 1. The van der Waals surface area contributed by atoms with E-state index >= 15 is 0 Å². The number of aromatic carboxylic acids is 1. The maximum Gasteiger partial charge on any atom is 0.345 e. The third-order valence-electron chi connectivity index (χ3n) is 5.69. The van der Waals surface area contributed by atoms with Crippen molar-refractivity contribution in [2.75, 3.05) is 6.61 Å². The van der Waals surface area contributed by atoms with Crippen molar-refractivity contribution in [3.63, 3.8) is 0 Å². The number of aliphatic hydroxyl groups excluding tert-OH is 1. The SMILES string of the molecule is CCCc1cccc(OC[C@@H]2[C@@H](CCCc3ccc(C(=O)O)s3)[C@H](Cl)C[C@H]2O)c1. The van der Waals surface area contributed by atoms with E-state index in [0.29, 0.717) is 17.9 Å². The fourth-order valence-corrected chi connectivity index (χ4v) is 5.56. The summed E-state index contributed by atoms with van der Waals surface area (Å²) in [6, 6.07) is 11.7. The summed E-state index contributed by atoms with van der Waals surface area (Å²) in [6.45, 7) is 2.62. The van der Waals surface area contributed by atoms with Crippen molar-refractivity contribution in [3.05, 3.63) is 51.7 Å². The van der Waals surface area contributed by atoms with E-state index in [0.717, 1.165) is 42.7 Å². The van der Waals surface area contributed by atoms with Crippen LogP contribution in [-0.4, -0.2) is 34.3 Å². The predicted octanol–water partition coefficient (Wildman–Crippen LogP) is 5.40. The second kappa shape index (κ2) is 10.5. The molecule has 2 aromatic rings. The van der Waals surface area contributed by atoms with Gasteiger partial charge < -0.3 is 14.9 Å². The van der Waals surface area contributed by atoms with Crippen molar-refractivity contribution in [3.8, 4) is 5.75 Å². The molecular formula is C23H29ClO4S. The van der Waals surface area contributed by atoms with Crippen LogP contribution in [0.25, 0.3) is 0 Å². The maximum absolute atomic E-state index is 11.0. The van der Waals surface area contributed by atoms with Crippen molar-refractivity contribution in [1.82, 2.24) is 0 Å². The van der Waals surface area contributed by atoms with Gasteiger partial charge >= 0.3 is 5.97 Å². The van der Waals surface area contributed by atoms with Gasteiger partial charge in [-0.25, -0.2) is 4.79 Å². The smallest absolute Gasteiger partial charge is 0.345 e. The van der Waals surface area contributed by atoms with Crippen LogP contribution in [0.15, 0.2) is 36.4 Å². The number of ether oxygens (including phenoxy) is 1. The number of hydrogen-bond donors (Lipinski definition) is 2. The number of carboxylic acid groups (broad SMARTS) is 1. The highest BCUT2D eigenvalue weighted by molar-refractivity contribution is 7.13. The lowest BCUT2D eigenvalue weighted by Crippen LogP contribution is -2.27. The number of benzene rings is 1. The van der Waals surface area contributed by atoms with Crippen LogP contribution in [0.5, 0.6) is 5.75 Å². The lowest BCUT2D eigenvalue weighted by molar-refractivity contribution is 0.0701. The first-order valence-electron chi connectivity index (χ1n) is 10.3. The van der Waals surface area contributed by atoms with Gasteiger partial charge in [0.15, 0.2) is 0 Å². The number of aliphatic hydroxyl groups is 1. The van der Waals surface area contributed by atoms with Gasteiger partial charge in [-0.3, -0.25) is 0 Å². The zero-order chi connectivity index (χ0) is 20.8. The van der Waals surface area contributed by atoms with Crippen LogP contribution in [0, 0.1) is 11.8 Å². The Hall–Kier alpha value is -1.56. The van der Waals surface area contributed by atoms with Crippen LogP contribution >= 0.6 is 22.9 Å². The molecule has 0 amide bonds. The first-order chi connectivity index (χ1) is 14.0. The minimum Gasteiger partial charge on any atom is -0.493 e. The predicted molar refractivity (Wildman–Crippen MR) is 117 cm³/mol. The maximum atomic E-state index is 11.0. The molecule has 0 radical (unpaired) electrons. The standard InChI is InChI=1S/C23H29ClO4S/c1-2-5-15-6-3-7-16(12-15)28-14-19-18(20(24)13-21(19)25)9-4-8-17-10-11-22(29-17)23(26)27/h3,6-7,10-12,18-21,25H,2,4-5,8-9,13-14H2,1H3,(H,26,27)/t18-,19-,20-,21-/m1/s1. The van der Waals surface area contributed by atoms with E-state index in [1.165, 1.54) is 16.9 Å². The molecule has 1 saturated carbocycles. The highest BCUT2D eigenvalue weighted by Gasteiger charge is 2.41. The van der Waals surface area contributed by atoms with Gasteiger partial charge in [0.25, 0.3) is 0 Å². The molecule has 0 saturated heterocycles. The molecule has 1 aromatic carbocycles. The Morgan fingerprint density at radius 3 is 2.79 bits per heavy atom. The Morgan fingerprint density at radius 2 is 2.07 bits per heavy atom. The summed E-state index contributed by atoms with van der Waals surface area (Å²) in [5, 5.41) is 19.5. The molecule has 4 atom stereocenters. The van der Waals surface area contributed by atoms with Crippen molar-refractivity contribution >= 4 is 28.9 Å². The van der Waals surface area contributed by atoms with Crippen molar-refractivity contribution in [2.24, 2.45) is 11.8 Å². The number of carbonyl (C=O) groups is 1. The summed E-state index contributed by atoms with van der Waals surface area (Å²) in [5.41, 5.74) is 1.26. The Labute approximate surface area is 181 Å². The van der Waals surface area contributed by atoms with Crippen molar-refractivity contribution in [2.45, 2.75) is 56.9 Å². The molecule has 29 heavy (non-hydrogen) atoms. The summed E-state index contributed by atoms with van der Waals surface area (Å²) in [7, 11) is 0. The third kappa shape index (κ3) is 5.97. The van der Waals surface area contributed by atoms with Gasteiger partial charge in [0.2, 0.25) is 0 Å². The molecule has 0 spiro atoms. The molecule has 1 aliphatic carbocycles. The van der Waals surface area contributed by atoms with Gasteiger partial charge in [-0.15, -0.1) is 22.9 Å². The fourth-order valence-electron chi connectivity index (χ4n) is 4.17. The van der Waals surface area contributed by atoms with Gasteiger partial charge in [0, 0.05) is 16.2 Å². The molecule has 1 fully saturated rings. The Balaban J connectivity index is 1.54. The first-order valence-corrected chi connectivity index (χ1v) is 11.6. The van der Waals surface area contributed by atoms with E-state index in [2.05, 4.69) is 19.1 Å². The quantitative estimate of drug-likeness (QED) is 0.489. The fraction of sp³-hybridized carbons (Fsp3) is 0.522. The summed E-state index contributed by atoms with van der Waals surface area (Å²) in [6.07, 6.45) is 4.93. The monoisotopic (exact) mass is 436 g/mol. The summed E-state index contributed by atoms with van der Waals surface area (Å²) >= 11 is 7.88. The minimum absolute atomic E-state index is 0.0187. The van der Waals surface area contributed by atoms with Crippen LogP contribution in [0.3, 0.4) is 0 Å². The van der Waals surface area contributed by atoms with Gasteiger partial charge in [0.05, 0.1) is 12.7 Å². The summed E-state index contributed by atoms with van der Waals surface area (Å²) < 4.78 is 6.04. The second-order valence-corrected chi connectivity index (χ2v) is 9.55. The molecule has 3 rings (SSSR count). The van der Waals surface area contributed by atoms with E-state index < -0.39 is 12.1 Å². The van der Waals surface area contributed by atoms with Crippen LogP contribution < -0.4 is 4.74 Å². The molecule has 4 nitrogen and oxygen atoms in total. The normalized spacial score (nSPS) is 24.0. The Bertz CT molecular complexity index is 806. The molecule has 158 valence electrons. The number of carboxylic acids is 1. The van der Waals surface area contributed by atoms with Crippen LogP contribution in [0.1, 0.15) is 52.7 Å². The highest BCUT2D eigenvalue weighted by atomic mass is 35.5. The Morgan fingerprint density at radius 1 is 1.24 bits per heavy atom. The Kier molecular flexibility index (Phi) is 7.99. The number of alkyl halides is 1. The third-order valence-corrected chi connectivity index (χ3v) is 7.32. The van der Waals surface area contributed by atoms with Crippen LogP contribution in [0.2, 0.25) is 0 Å². The average molecular weight is 437 g/mol. The zero-order valence-corrected chi connectivity index (χ0v) is 18.3. The van der Waals surface area contributed by atoms with Gasteiger partial charge in [-0.2, -0.15) is 0 Å². The van der Waals surface area contributed by atoms with Gasteiger partial charge in [-0.05, 0) is 67.9 Å². The second-order valence-electron chi connectivity index (χ2n) is 7.82. The first kappa shape index (κ1) is 22.1. The highest BCUT2D eigenvalue weighted by Crippen LogP contribution is 2.39. The number of aryl methyl sites for hydroxylation is 2. The molecule has 0 unspecified atom stereocenters. The molecule has 0 bridgehead atoms. The topological polar surface area (TPSA) is 66.8 Å². The molecule has 1 aliphatic rings. The lowest BCUT2D eigenvalue weighted by atomic mass is 9.90. The van der Waals surface area contributed by atoms with E-state index in [4.69, 9.17) is 21.4 Å². The lowest BCUT2D eigenvalue weighted by Gasteiger charge is -2.23. The molecule has 1 heterocycles. The number of hydrogen-bond acceptors (Lipinski definition) is 4. The summed E-state index contributed by atoms with van der Waals surface area (Å²) in [5.74, 6) is 0.190. The van der Waals surface area contributed by atoms with Gasteiger partial charge in [0.1, 0.15) is 10.6 Å². The summed E-state index contributed by atoms with van der Waals surface area (Å²) in [4.78, 5) is 12.5. The van der Waals surface area contributed by atoms with Crippen LogP contribution in [-0.2, 0) is 12.8 Å². The average Bonchev–Trinajstić information content (AvgIpc) is 3.26. The van der Waals surface area contributed by atoms with E-state index in [-0.39, 0.29) is 17.2 Å². The minimum atomic E-state index is -0.874. The largest absolute Gasteiger partial charge is 0.493 e. The molecule has 2 N–H and O–H groups in total. The number of halogens is 1. The number of rotatable bonds is 10. The van der Waals surface area contributed by atoms with E-state index in [1.54, 1.807) is 6.07 Å².